The smallest absolute Gasteiger partial charge is 0.311 e. The third-order valence-corrected chi connectivity index (χ3v) is 3.63. The highest BCUT2D eigenvalue weighted by molar-refractivity contribution is 5.84. The van der Waals surface area contributed by atoms with Crippen LogP contribution in [-0.2, 0) is 11.8 Å². The van der Waals surface area contributed by atoms with Crippen molar-refractivity contribution in [1.29, 1.82) is 0 Å². The van der Waals surface area contributed by atoms with E-state index in [1.807, 2.05) is 42.1 Å². The fourth-order valence-corrected chi connectivity index (χ4v) is 2.52. The van der Waals surface area contributed by atoms with Gasteiger partial charge in [-0.3, -0.25) is 4.79 Å². The Morgan fingerprint density at radius 1 is 1.41 bits per heavy atom. The highest BCUT2D eigenvalue weighted by Gasteiger charge is 2.37. The minimum Gasteiger partial charge on any atom is -0.481 e. The highest BCUT2D eigenvalue weighted by atomic mass is 16.4. The third-order valence-electron chi connectivity index (χ3n) is 3.63. The Bertz CT molecular complexity index is 581. The van der Waals surface area contributed by atoms with E-state index < -0.39 is 5.97 Å². The first-order valence-electron chi connectivity index (χ1n) is 5.94. The molecule has 3 heteroatoms. The zero-order chi connectivity index (χ0) is 12.0. The number of rotatable bonds is 3. The second-order valence-electron chi connectivity index (χ2n) is 4.90. The number of carboxylic acid groups (broad SMARTS) is 1. The van der Waals surface area contributed by atoms with E-state index in [9.17, 15) is 9.90 Å². The molecule has 3 rings (SSSR count). The standard InChI is InChI=1S/C14H15NO2/c1-15-7-6-9-2-5-11(8-12(9)15)13(14(16)17)10-3-4-10/h2,5-8,10,13H,3-4H2,1H3,(H,16,17). The molecule has 0 aliphatic heterocycles. The van der Waals surface area contributed by atoms with Gasteiger partial charge in [0.2, 0.25) is 0 Å². The summed E-state index contributed by atoms with van der Waals surface area (Å²) in [6, 6.07) is 8.04. The maximum Gasteiger partial charge on any atom is 0.311 e. The van der Waals surface area contributed by atoms with Crippen molar-refractivity contribution >= 4 is 16.9 Å². The van der Waals surface area contributed by atoms with Gasteiger partial charge in [-0.05, 0) is 41.8 Å². The predicted molar refractivity (Wildman–Crippen MR) is 66.0 cm³/mol. The number of hydrogen-bond donors (Lipinski definition) is 1. The van der Waals surface area contributed by atoms with Gasteiger partial charge in [0.15, 0.2) is 0 Å². The summed E-state index contributed by atoms with van der Waals surface area (Å²) in [5, 5.41) is 10.5. The zero-order valence-electron chi connectivity index (χ0n) is 9.76. The van der Waals surface area contributed by atoms with Crippen molar-refractivity contribution < 1.29 is 9.90 Å². The number of carbonyl (C=O) groups is 1. The molecule has 1 atom stereocenters. The molecule has 1 aliphatic rings. The number of fused-ring (bicyclic) bond motifs is 1. The lowest BCUT2D eigenvalue weighted by Crippen LogP contribution is -2.13. The molecule has 1 fully saturated rings. The number of nitrogens with zero attached hydrogens (tertiary/aromatic N) is 1. The van der Waals surface area contributed by atoms with E-state index in [-0.39, 0.29) is 5.92 Å². The minimum atomic E-state index is -0.693. The lowest BCUT2D eigenvalue weighted by molar-refractivity contribution is -0.139. The largest absolute Gasteiger partial charge is 0.481 e. The van der Waals surface area contributed by atoms with Crippen LogP contribution >= 0.6 is 0 Å². The summed E-state index contributed by atoms with van der Waals surface area (Å²) in [5.41, 5.74) is 2.05. The van der Waals surface area contributed by atoms with Crippen molar-refractivity contribution in [2.45, 2.75) is 18.8 Å². The summed E-state index contributed by atoms with van der Waals surface area (Å²) in [4.78, 5) is 11.3. The van der Waals surface area contributed by atoms with Gasteiger partial charge in [0.1, 0.15) is 0 Å². The maximum atomic E-state index is 11.3. The van der Waals surface area contributed by atoms with Crippen molar-refractivity contribution in [1.82, 2.24) is 4.57 Å². The van der Waals surface area contributed by atoms with E-state index in [1.54, 1.807) is 0 Å². The van der Waals surface area contributed by atoms with E-state index in [0.29, 0.717) is 5.92 Å². The Morgan fingerprint density at radius 2 is 2.18 bits per heavy atom. The second kappa shape index (κ2) is 3.62. The number of aryl methyl sites for hydroxylation is 1. The Labute approximate surface area is 99.7 Å². The van der Waals surface area contributed by atoms with Gasteiger partial charge in [0.25, 0.3) is 0 Å². The molecule has 0 amide bonds. The lowest BCUT2D eigenvalue weighted by atomic mass is 9.94. The third kappa shape index (κ3) is 1.71. The summed E-state index contributed by atoms with van der Waals surface area (Å²) in [5.74, 6) is -0.680. The molecular weight excluding hydrogens is 214 g/mol. The van der Waals surface area contributed by atoms with Crippen molar-refractivity contribution in [3.63, 3.8) is 0 Å². The summed E-state index contributed by atoms with van der Waals surface area (Å²) in [7, 11) is 1.99. The molecule has 0 spiro atoms. The monoisotopic (exact) mass is 229 g/mol. The molecule has 0 radical (unpaired) electrons. The number of hydrogen-bond acceptors (Lipinski definition) is 1. The molecular formula is C14H15NO2. The maximum absolute atomic E-state index is 11.3. The van der Waals surface area contributed by atoms with Gasteiger partial charge in [-0.15, -0.1) is 0 Å². The number of aliphatic carboxylic acids is 1. The summed E-state index contributed by atoms with van der Waals surface area (Å²) in [6.07, 6.45) is 4.09. The van der Waals surface area contributed by atoms with Crippen molar-refractivity contribution in [3.8, 4) is 0 Å². The van der Waals surface area contributed by atoms with Crippen LogP contribution in [0.3, 0.4) is 0 Å². The van der Waals surface area contributed by atoms with Crippen molar-refractivity contribution in [3.05, 3.63) is 36.0 Å². The molecule has 0 saturated heterocycles. The zero-order valence-corrected chi connectivity index (χ0v) is 9.76. The van der Waals surface area contributed by atoms with Crippen LogP contribution < -0.4 is 0 Å². The molecule has 3 nitrogen and oxygen atoms in total. The van der Waals surface area contributed by atoms with Gasteiger partial charge in [0, 0.05) is 18.8 Å². The quantitative estimate of drug-likeness (QED) is 0.879. The van der Waals surface area contributed by atoms with E-state index in [0.717, 1.165) is 29.3 Å². The predicted octanol–water partition coefficient (Wildman–Crippen LogP) is 2.76. The van der Waals surface area contributed by atoms with Gasteiger partial charge >= 0.3 is 5.97 Å². The van der Waals surface area contributed by atoms with Crippen molar-refractivity contribution in [2.24, 2.45) is 13.0 Å². The van der Waals surface area contributed by atoms with Gasteiger partial charge in [-0.25, -0.2) is 0 Å². The van der Waals surface area contributed by atoms with Crippen LogP contribution in [0.15, 0.2) is 30.5 Å². The fraction of sp³-hybridized carbons (Fsp3) is 0.357. The molecule has 17 heavy (non-hydrogen) atoms. The Kier molecular flexibility index (Phi) is 2.21. The number of aromatic nitrogens is 1. The summed E-state index contributed by atoms with van der Waals surface area (Å²) in [6.45, 7) is 0. The summed E-state index contributed by atoms with van der Waals surface area (Å²) >= 11 is 0. The van der Waals surface area contributed by atoms with Gasteiger partial charge in [-0.2, -0.15) is 0 Å². The molecule has 1 aromatic heterocycles. The fourth-order valence-electron chi connectivity index (χ4n) is 2.52. The highest BCUT2D eigenvalue weighted by Crippen LogP contribution is 2.43. The topological polar surface area (TPSA) is 42.2 Å². The van der Waals surface area contributed by atoms with Crippen LogP contribution in [0.1, 0.15) is 24.3 Å². The van der Waals surface area contributed by atoms with E-state index in [1.165, 1.54) is 0 Å². The van der Waals surface area contributed by atoms with E-state index in [4.69, 9.17) is 0 Å². The normalized spacial score (nSPS) is 17.2. The number of benzene rings is 1. The molecule has 0 bridgehead atoms. The first-order chi connectivity index (χ1) is 8.16. The molecule has 2 aromatic rings. The molecule has 88 valence electrons. The van der Waals surface area contributed by atoms with Crippen LogP contribution in [-0.4, -0.2) is 15.6 Å². The second-order valence-corrected chi connectivity index (χ2v) is 4.90. The molecule has 1 unspecified atom stereocenters. The molecule has 1 heterocycles. The van der Waals surface area contributed by atoms with Crippen LogP contribution in [0.25, 0.3) is 10.9 Å². The number of carboxylic acids is 1. The van der Waals surface area contributed by atoms with Gasteiger partial charge in [0.05, 0.1) is 5.92 Å². The molecule has 1 saturated carbocycles. The first-order valence-corrected chi connectivity index (χ1v) is 5.94. The Hall–Kier alpha value is -1.77. The van der Waals surface area contributed by atoms with Crippen LogP contribution in [0.5, 0.6) is 0 Å². The first kappa shape index (κ1) is 10.4. The summed E-state index contributed by atoms with van der Waals surface area (Å²) < 4.78 is 2.03. The minimum absolute atomic E-state index is 0.325. The molecule has 1 aliphatic carbocycles. The Morgan fingerprint density at radius 3 is 2.82 bits per heavy atom. The molecule has 1 aromatic carbocycles. The van der Waals surface area contributed by atoms with Gasteiger partial charge < -0.3 is 9.67 Å². The van der Waals surface area contributed by atoms with Crippen LogP contribution in [0.4, 0.5) is 0 Å². The molecule has 1 N–H and O–H groups in total. The SMILES string of the molecule is Cn1ccc2ccc(C(C(=O)O)C3CC3)cc21. The van der Waals surface area contributed by atoms with Gasteiger partial charge in [-0.1, -0.05) is 12.1 Å². The van der Waals surface area contributed by atoms with E-state index >= 15 is 0 Å². The average molecular weight is 229 g/mol. The Balaban J connectivity index is 2.09. The van der Waals surface area contributed by atoms with Crippen LogP contribution in [0.2, 0.25) is 0 Å². The van der Waals surface area contributed by atoms with Crippen LogP contribution in [0, 0.1) is 5.92 Å². The average Bonchev–Trinajstić information content (AvgIpc) is 3.04. The lowest BCUT2D eigenvalue weighted by Gasteiger charge is -2.12. The van der Waals surface area contributed by atoms with Crippen molar-refractivity contribution in [2.75, 3.05) is 0 Å². The van der Waals surface area contributed by atoms with E-state index in [2.05, 4.69) is 0 Å².